The van der Waals surface area contributed by atoms with Gasteiger partial charge in [0.2, 0.25) is 5.91 Å². The number of carbonyl (C=O) groups is 1. The van der Waals surface area contributed by atoms with E-state index in [2.05, 4.69) is 16.3 Å². The second-order valence-electron chi connectivity index (χ2n) is 6.61. The minimum absolute atomic E-state index is 0.0187. The van der Waals surface area contributed by atoms with E-state index in [0.29, 0.717) is 13.0 Å². The molecule has 2 aromatic rings. The van der Waals surface area contributed by atoms with E-state index in [1.165, 1.54) is 4.70 Å². The molecule has 1 aromatic heterocycles. The van der Waals surface area contributed by atoms with E-state index in [-0.39, 0.29) is 5.91 Å². The average Bonchev–Trinajstić information content (AvgIpc) is 2.96. The van der Waals surface area contributed by atoms with Crippen LogP contribution in [0.25, 0.3) is 10.2 Å². The molecule has 2 aliphatic heterocycles. The highest BCUT2D eigenvalue weighted by Crippen LogP contribution is 2.38. The summed E-state index contributed by atoms with van der Waals surface area (Å²) in [6.45, 7) is 2.91. The molecule has 2 fully saturated rings. The summed E-state index contributed by atoms with van der Waals surface area (Å²) in [4.78, 5) is 19.4. The van der Waals surface area contributed by atoms with Crippen molar-refractivity contribution in [3.8, 4) is 0 Å². The Morgan fingerprint density at radius 1 is 1.43 bits per heavy atom. The summed E-state index contributed by atoms with van der Waals surface area (Å²) in [6.07, 6.45) is 1.83. The van der Waals surface area contributed by atoms with Crippen LogP contribution in [0.5, 0.6) is 0 Å². The maximum absolute atomic E-state index is 12.4. The van der Waals surface area contributed by atoms with Crippen molar-refractivity contribution in [3.63, 3.8) is 0 Å². The predicted octanol–water partition coefficient (Wildman–Crippen LogP) is 1.76. The van der Waals surface area contributed by atoms with Crippen LogP contribution in [0.2, 0.25) is 0 Å². The van der Waals surface area contributed by atoms with Crippen molar-refractivity contribution in [2.24, 2.45) is 5.41 Å². The van der Waals surface area contributed by atoms with Gasteiger partial charge in [-0.2, -0.15) is 0 Å². The zero-order valence-corrected chi connectivity index (χ0v) is 13.8. The topological polar surface area (TPSA) is 65.5 Å². The number of piperidine rings is 2. The van der Waals surface area contributed by atoms with Gasteiger partial charge in [-0.15, -0.1) is 11.3 Å². The molecule has 23 heavy (non-hydrogen) atoms. The van der Waals surface area contributed by atoms with Crippen LogP contribution in [0, 0.1) is 5.41 Å². The highest BCUT2D eigenvalue weighted by atomic mass is 32.1. The molecular weight excluding hydrogens is 310 g/mol. The standard InChI is InChI=1S/C17H21N3O2S/c21-14-6-9-20(11-17(14)7-3-8-18-16(17)22)10-15-19-12-4-1-2-5-13(12)23-15/h1-2,4-5,14,21H,3,6-11H2,(H,18,22)/t14-,17+/m0/s1. The molecule has 1 amide bonds. The normalized spacial score (nSPS) is 29.1. The van der Waals surface area contributed by atoms with Gasteiger partial charge in [-0.05, 0) is 31.4 Å². The molecule has 122 valence electrons. The fourth-order valence-corrected chi connectivity index (χ4v) is 4.85. The third-order valence-corrected chi connectivity index (χ3v) is 6.12. The van der Waals surface area contributed by atoms with Gasteiger partial charge >= 0.3 is 0 Å². The Kier molecular flexibility index (Phi) is 3.83. The molecule has 0 bridgehead atoms. The molecule has 4 rings (SSSR count). The number of nitrogens with one attached hydrogen (secondary N) is 1. The SMILES string of the molecule is O=C1NCCC[C@]12CN(Cc1nc3ccccc3s1)CC[C@@H]2O. The second kappa shape index (κ2) is 5.85. The first kappa shape index (κ1) is 15.1. The quantitative estimate of drug-likeness (QED) is 0.880. The van der Waals surface area contributed by atoms with Gasteiger partial charge in [-0.1, -0.05) is 12.1 Å². The Morgan fingerprint density at radius 3 is 3.13 bits per heavy atom. The van der Waals surface area contributed by atoms with Gasteiger partial charge < -0.3 is 10.4 Å². The number of hydrogen-bond donors (Lipinski definition) is 2. The van der Waals surface area contributed by atoms with Crippen LogP contribution in [0.4, 0.5) is 0 Å². The van der Waals surface area contributed by atoms with E-state index < -0.39 is 11.5 Å². The molecule has 0 saturated carbocycles. The zero-order chi connectivity index (χ0) is 15.9. The first-order chi connectivity index (χ1) is 11.2. The van der Waals surface area contributed by atoms with Gasteiger partial charge in [0.05, 0.1) is 28.3 Å². The molecule has 5 nitrogen and oxygen atoms in total. The summed E-state index contributed by atoms with van der Waals surface area (Å²) in [7, 11) is 0. The Hall–Kier alpha value is -1.50. The molecule has 0 aliphatic carbocycles. The molecule has 2 aliphatic rings. The van der Waals surface area contributed by atoms with Crippen molar-refractivity contribution >= 4 is 27.5 Å². The van der Waals surface area contributed by atoms with Crippen LogP contribution in [0.1, 0.15) is 24.3 Å². The molecular formula is C17H21N3O2S. The van der Waals surface area contributed by atoms with Crippen molar-refractivity contribution in [1.82, 2.24) is 15.2 Å². The molecule has 0 unspecified atom stereocenters. The number of carbonyl (C=O) groups excluding carboxylic acids is 1. The van der Waals surface area contributed by atoms with Crippen LogP contribution in [-0.4, -0.2) is 46.6 Å². The van der Waals surface area contributed by atoms with Crippen LogP contribution in [0.3, 0.4) is 0 Å². The third-order valence-electron chi connectivity index (χ3n) is 5.10. The fraction of sp³-hybridized carbons (Fsp3) is 0.529. The Balaban J connectivity index is 1.54. The number of amides is 1. The summed E-state index contributed by atoms with van der Waals surface area (Å²) < 4.78 is 1.20. The summed E-state index contributed by atoms with van der Waals surface area (Å²) in [5.74, 6) is 0.0187. The van der Waals surface area contributed by atoms with Crippen molar-refractivity contribution in [2.75, 3.05) is 19.6 Å². The number of hydrogen-bond acceptors (Lipinski definition) is 5. The summed E-state index contributed by atoms with van der Waals surface area (Å²) in [6, 6.07) is 8.16. The number of aliphatic hydroxyl groups excluding tert-OH is 1. The molecule has 1 aromatic carbocycles. The number of nitrogens with zero attached hydrogens (tertiary/aromatic N) is 2. The summed E-state index contributed by atoms with van der Waals surface area (Å²) in [5.41, 5.74) is 0.405. The van der Waals surface area contributed by atoms with E-state index in [0.717, 1.165) is 43.0 Å². The first-order valence-electron chi connectivity index (χ1n) is 8.20. The van der Waals surface area contributed by atoms with Gasteiger partial charge in [0.1, 0.15) is 5.01 Å². The Morgan fingerprint density at radius 2 is 2.30 bits per heavy atom. The van der Waals surface area contributed by atoms with Crippen LogP contribution in [-0.2, 0) is 11.3 Å². The molecule has 3 heterocycles. The van der Waals surface area contributed by atoms with Crippen molar-refractivity contribution in [3.05, 3.63) is 29.3 Å². The number of para-hydroxylation sites is 1. The molecule has 2 atom stereocenters. The maximum atomic E-state index is 12.4. The van der Waals surface area contributed by atoms with Crippen LogP contribution < -0.4 is 5.32 Å². The fourth-order valence-electron chi connectivity index (χ4n) is 3.84. The monoisotopic (exact) mass is 331 g/mol. The number of benzene rings is 1. The van der Waals surface area contributed by atoms with Crippen molar-refractivity contribution in [2.45, 2.75) is 31.9 Å². The zero-order valence-electron chi connectivity index (χ0n) is 13.0. The minimum atomic E-state index is -0.632. The molecule has 1 spiro atoms. The second-order valence-corrected chi connectivity index (χ2v) is 7.72. The Bertz CT molecular complexity index is 698. The molecule has 2 saturated heterocycles. The molecule has 2 N–H and O–H groups in total. The van der Waals surface area contributed by atoms with Crippen molar-refractivity contribution in [1.29, 1.82) is 0 Å². The van der Waals surface area contributed by atoms with E-state index in [9.17, 15) is 9.90 Å². The molecule has 0 radical (unpaired) electrons. The largest absolute Gasteiger partial charge is 0.392 e. The van der Waals surface area contributed by atoms with E-state index in [1.807, 2.05) is 18.2 Å². The lowest BCUT2D eigenvalue weighted by Gasteiger charge is -2.46. The number of aromatic nitrogens is 1. The number of thiazole rings is 1. The van der Waals surface area contributed by atoms with Gasteiger partial charge in [-0.25, -0.2) is 4.98 Å². The Labute approximate surface area is 139 Å². The number of rotatable bonds is 2. The van der Waals surface area contributed by atoms with Gasteiger partial charge in [-0.3, -0.25) is 9.69 Å². The smallest absolute Gasteiger partial charge is 0.230 e. The first-order valence-corrected chi connectivity index (χ1v) is 9.02. The summed E-state index contributed by atoms with van der Waals surface area (Å²) in [5, 5.41) is 14.5. The average molecular weight is 331 g/mol. The predicted molar refractivity (Wildman–Crippen MR) is 90.2 cm³/mol. The lowest BCUT2D eigenvalue weighted by atomic mass is 9.71. The number of aliphatic hydroxyl groups is 1. The van der Waals surface area contributed by atoms with Gasteiger partial charge in [0.15, 0.2) is 0 Å². The van der Waals surface area contributed by atoms with Crippen LogP contribution in [0.15, 0.2) is 24.3 Å². The van der Waals surface area contributed by atoms with Gasteiger partial charge in [0, 0.05) is 19.6 Å². The van der Waals surface area contributed by atoms with E-state index in [4.69, 9.17) is 4.98 Å². The minimum Gasteiger partial charge on any atom is -0.392 e. The lowest BCUT2D eigenvalue weighted by molar-refractivity contribution is -0.149. The van der Waals surface area contributed by atoms with Crippen molar-refractivity contribution < 1.29 is 9.90 Å². The van der Waals surface area contributed by atoms with E-state index >= 15 is 0 Å². The number of likely N-dealkylation sites (tertiary alicyclic amines) is 1. The highest BCUT2D eigenvalue weighted by molar-refractivity contribution is 7.18. The highest BCUT2D eigenvalue weighted by Gasteiger charge is 2.49. The van der Waals surface area contributed by atoms with E-state index in [1.54, 1.807) is 11.3 Å². The summed E-state index contributed by atoms with van der Waals surface area (Å²) >= 11 is 1.71. The lowest BCUT2D eigenvalue weighted by Crippen LogP contribution is -2.61. The molecule has 6 heteroatoms. The third kappa shape index (κ3) is 2.65. The number of fused-ring (bicyclic) bond motifs is 1. The maximum Gasteiger partial charge on any atom is 0.230 e. The van der Waals surface area contributed by atoms with Crippen LogP contribution >= 0.6 is 11.3 Å². The van der Waals surface area contributed by atoms with Gasteiger partial charge in [0.25, 0.3) is 0 Å².